The smallest absolute Gasteiger partial charge is 0.389 e. The molecule has 0 aliphatic heterocycles. The van der Waals surface area contributed by atoms with Gasteiger partial charge < -0.3 is 20.0 Å². The van der Waals surface area contributed by atoms with Gasteiger partial charge in [0.1, 0.15) is 11.4 Å². The third-order valence-electron chi connectivity index (χ3n) is 4.76. The average Bonchev–Trinajstić information content (AvgIpc) is 2.71. The molecule has 0 bridgehead atoms. The maximum absolute atomic E-state index is 12.4. The molecule has 2 rings (SSSR count). The van der Waals surface area contributed by atoms with E-state index in [9.17, 15) is 32.7 Å². The molecule has 0 radical (unpaired) electrons. The number of carboxylic acids is 1. The van der Waals surface area contributed by atoms with Crippen LogP contribution in [0.15, 0.2) is 33.9 Å². The van der Waals surface area contributed by atoms with Crippen LogP contribution in [0.3, 0.4) is 0 Å². The van der Waals surface area contributed by atoms with Crippen LogP contribution < -0.4 is 26.4 Å². The van der Waals surface area contributed by atoms with Crippen molar-refractivity contribution in [3.8, 4) is 5.75 Å². The van der Waals surface area contributed by atoms with Gasteiger partial charge in [-0.25, -0.2) is 9.48 Å². The van der Waals surface area contributed by atoms with Crippen molar-refractivity contribution < 1.29 is 27.8 Å². The lowest BCUT2D eigenvalue weighted by molar-refractivity contribution is -0.320. The number of nitrogens with zero attached hydrogens (tertiary/aromatic N) is 3. The number of hydrogen-bond donors (Lipinski definition) is 1. The SMILES string of the molecule is Cn1c(=O)c(NCCCc2cccc(OC(C)(C)C(=O)[O-])c2)nn(CCCC(F)(F)F)c1=O. The number of benzene rings is 1. The van der Waals surface area contributed by atoms with Crippen LogP contribution in [0, 0.1) is 0 Å². The van der Waals surface area contributed by atoms with Crippen molar-refractivity contribution >= 4 is 11.8 Å². The van der Waals surface area contributed by atoms with Gasteiger partial charge >= 0.3 is 11.9 Å². The molecule has 0 saturated carbocycles. The fraction of sp³-hybridized carbons (Fsp3) is 0.524. The van der Waals surface area contributed by atoms with E-state index in [0.717, 1.165) is 14.8 Å². The number of carbonyl (C=O) groups is 1. The third kappa shape index (κ3) is 7.65. The van der Waals surface area contributed by atoms with Crippen LogP contribution in [0.1, 0.15) is 38.7 Å². The van der Waals surface area contributed by atoms with Gasteiger partial charge in [-0.15, -0.1) is 5.10 Å². The standard InChI is InChI=1S/C21H27F3N4O5/c1-20(2,18(30)31)33-15-9-4-7-14(13-15)8-5-11-25-16-17(29)27(3)19(32)28(26-16)12-6-10-21(22,23)24/h4,7,9,13H,5-6,8,10-12H2,1-3H3,(H,25,26)(H,30,31)/p-1. The highest BCUT2D eigenvalue weighted by Gasteiger charge is 2.26. The molecule has 0 saturated heterocycles. The van der Waals surface area contributed by atoms with Gasteiger partial charge in [0.05, 0.1) is 5.97 Å². The largest absolute Gasteiger partial charge is 0.546 e. The summed E-state index contributed by atoms with van der Waals surface area (Å²) in [5.41, 5.74) is -2.09. The maximum atomic E-state index is 12.4. The molecule has 0 atom stereocenters. The van der Waals surface area contributed by atoms with Gasteiger partial charge in [0.2, 0.25) is 5.82 Å². The van der Waals surface area contributed by atoms with Crippen molar-refractivity contribution in [3.05, 3.63) is 50.7 Å². The molecule has 12 heteroatoms. The normalized spacial score (nSPS) is 11.9. The number of aliphatic carboxylic acids is 1. The maximum Gasteiger partial charge on any atom is 0.389 e. The number of nitrogens with one attached hydrogen (secondary N) is 1. The fourth-order valence-electron chi connectivity index (χ4n) is 2.91. The highest BCUT2D eigenvalue weighted by atomic mass is 19.4. The monoisotopic (exact) mass is 471 g/mol. The molecule has 0 unspecified atom stereocenters. The zero-order chi connectivity index (χ0) is 24.8. The predicted molar refractivity (Wildman–Crippen MR) is 112 cm³/mol. The number of halogens is 3. The summed E-state index contributed by atoms with van der Waals surface area (Å²) in [6.07, 6.45) is -4.63. The number of hydrogen-bond acceptors (Lipinski definition) is 7. The molecule has 2 aromatic rings. The zero-order valence-electron chi connectivity index (χ0n) is 18.6. The Labute approximate surface area is 187 Å². The Morgan fingerprint density at radius 3 is 2.55 bits per heavy atom. The molecule has 1 aromatic carbocycles. The van der Waals surface area contributed by atoms with Gasteiger partial charge in [-0.2, -0.15) is 13.2 Å². The minimum atomic E-state index is -4.34. The number of ether oxygens (including phenoxy) is 1. The Hall–Kier alpha value is -3.31. The van der Waals surface area contributed by atoms with Gasteiger partial charge in [0.25, 0.3) is 5.56 Å². The molecule has 182 valence electrons. The second-order valence-electron chi connectivity index (χ2n) is 8.01. The van der Waals surface area contributed by atoms with E-state index >= 15 is 0 Å². The molecular formula is C21H26F3N4O5-. The Morgan fingerprint density at radius 2 is 1.91 bits per heavy atom. The minimum Gasteiger partial charge on any atom is -0.546 e. The van der Waals surface area contributed by atoms with Crippen LogP contribution in [0.25, 0.3) is 0 Å². The zero-order valence-corrected chi connectivity index (χ0v) is 18.6. The number of alkyl halides is 3. The quantitative estimate of drug-likeness (QED) is 0.490. The van der Waals surface area contributed by atoms with E-state index in [2.05, 4.69) is 10.4 Å². The summed E-state index contributed by atoms with van der Waals surface area (Å²) in [4.78, 5) is 35.4. The van der Waals surface area contributed by atoms with E-state index < -0.39 is 35.4 Å². The van der Waals surface area contributed by atoms with Gasteiger partial charge in [0.15, 0.2) is 0 Å². The molecule has 0 aliphatic carbocycles. The summed E-state index contributed by atoms with van der Waals surface area (Å²) >= 11 is 0. The first-order valence-corrected chi connectivity index (χ1v) is 10.3. The van der Waals surface area contributed by atoms with E-state index in [1.165, 1.54) is 20.9 Å². The highest BCUT2D eigenvalue weighted by Crippen LogP contribution is 2.21. The molecule has 0 spiro atoms. The molecule has 1 aromatic heterocycles. The molecule has 9 nitrogen and oxygen atoms in total. The van der Waals surface area contributed by atoms with E-state index in [4.69, 9.17) is 4.74 Å². The van der Waals surface area contributed by atoms with Crippen molar-refractivity contribution in [3.63, 3.8) is 0 Å². The predicted octanol–water partition coefficient (Wildman–Crippen LogP) is 1.24. The molecular weight excluding hydrogens is 445 g/mol. The van der Waals surface area contributed by atoms with E-state index in [0.29, 0.717) is 25.1 Å². The Bertz CT molecular complexity index is 1090. The second-order valence-corrected chi connectivity index (χ2v) is 8.01. The number of carboxylic acid groups (broad SMARTS) is 1. The lowest BCUT2D eigenvalue weighted by atomic mass is 10.1. The van der Waals surface area contributed by atoms with Gasteiger partial charge in [-0.1, -0.05) is 12.1 Å². The van der Waals surface area contributed by atoms with Gasteiger partial charge in [-0.3, -0.25) is 9.36 Å². The topological polar surface area (TPSA) is 118 Å². The summed E-state index contributed by atoms with van der Waals surface area (Å²) in [6, 6.07) is 6.87. The first-order chi connectivity index (χ1) is 15.3. The summed E-state index contributed by atoms with van der Waals surface area (Å²) in [7, 11) is 1.23. The summed E-state index contributed by atoms with van der Waals surface area (Å²) in [6.45, 7) is 2.80. The van der Waals surface area contributed by atoms with Crippen molar-refractivity contribution in [1.29, 1.82) is 0 Å². The molecule has 33 heavy (non-hydrogen) atoms. The van der Waals surface area contributed by atoms with Crippen molar-refractivity contribution in [1.82, 2.24) is 14.3 Å². The molecule has 0 amide bonds. The van der Waals surface area contributed by atoms with Crippen LogP contribution in [0.4, 0.5) is 19.0 Å². The van der Waals surface area contributed by atoms with Crippen LogP contribution in [-0.2, 0) is 24.8 Å². The van der Waals surface area contributed by atoms with Crippen LogP contribution in [0.5, 0.6) is 5.75 Å². The van der Waals surface area contributed by atoms with E-state index in [1.54, 1.807) is 18.2 Å². The molecule has 1 heterocycles. The van der Waals surface area contributed by atoms with Crippen molar-refractivity contribution in [2.45, 2.75) is 57.9 Å². The third-order valence-corrected chi connectivity index (χ3v) is 4.76. The Morgan fingerprint density at radius 1 is 1.21 bits per heavy atom. The number of aromatic nitrogens is 3. The average molecular weight is 471 g/mol. The van der Waals surface area contributed by atoms with Crippen LogP contribution >= 0.6 is 0 Å². The first-order valence-electron chi connectivity index (χ1n) is 10.3. The molecule has 1 N–H and O–H groups in total. The number of aryl methyl sites for hydroxylation is 2. The number of anilines is 1. The van der Waals surface area contributed by atoms with E-state index in [-0.39, 0.29) is 18.8 Å². The number of rotatable bonds is 11. The first kappa shape index (κ1) is 25.9. The minimum absolute atomic E-state index is 0.128. The fourth-order valence-corrected chi connectivity index (χ4v) is 2.91. The highest BCUT2D eigenvalue weighted by molar-refractivity contribution is 5.74. The van der Waals surface area contributed by atoms with Crippen LogP contribution in [-0.4, -0.2) is 38.6 Å². The lowest BCUT2D eigenvalue weighted by Gasteiger charge is -2.27. The lowest BCUT2D eigenvalue weighted by Crippen LogP contribution is -2.47. The van der Waals surface area contributed by atoms with Crippen LogP contribution in [0.2, 0.25) is 0 Å². The summed E-state index contributed by atoms with van der Waals surface area (Å²) < 4.78 is 44.2. The van der Waals surface area contributed by atoms with Gasteiger partial charge in [0, 0.05) is 26.6 Å². The molecule has 0 fully saturated rings. The Balaban J connectivity index is 1.98. The Kier molecular flexibility index (Phi) is 8.29. The summed E-state index contributed by atoms with van der Waals surface area (Å²) in [5, 5.41) is 17.8. The summed E-state index contributed by atoms with van der Waals surface area (Å²) in [5.74, 6) is -1.10. The van der Waals surface area contributed by atoms with E-state index in [1.807, 2.05) is 6.07 Å². The van der Waals surface area contributed by atoms with Crippen molar-refractivity contribution in [2.75, 3.05) is 11.9 Å². The van der Waals surface area contributed by atoms with Crippen molar-refractivity contribution in [2.24, 2.45) is 7.05 Å². The number of carbonyl (C=O) groups excluding carboxylic acids is 1. The second kappa shape index (κ2) is 10.5. The molecule has 0 aliphatic rings. The van der Waals surface area contributed by atoms with Gasteiger partial charge in [-0.05, 0) is 50.8 Å².